The third-order valence-electron chi connectivity index (χ3n) is 4.04. The number of ether oxygens (including phenoxy) is 1. The van der Waals surface area contributed by atoms with Crippen molar-refractivity contribution in [3.8, 4) is 0 Å². The van der Waals surface area contributed by atoms with Crippen molar-refractivity contribution in [1.82, 2.24) is 4.31 Å². The third-order valence-corrected chi connectivity index (χ3v) is 5.94. The number of hydrogen-bond acceptors (Lipinski definition) is 7. The molecule has 1 saturated heterocycles. The summed E-state index contributed by atoms with van der Waals surface area (Å²) >= 11 is 0. The molecule has 0 atom stereocenters. The van der Waals surface area contributed by atoms with Crippen molar-refractivity contribution in [1.29, 1.82) is 0 Å². The van der Waals surface area contributed by atoms with Crippen molar-refractivity contribution >= 4 is 27.6 Å². The Morgan fingerprint density at radius 2 is 1.86 bits per heavy atom. The van der Waals surface area contributed by atoms with Gasteiger partial charge in [0.05, 0.1) is 29.2 Å². The molecule has 0 unspecified atom stereocenters. The van der Waals surface area contributed by atoms with E-state index in [1.807, 2.05) is 0 Å². The normalized spacial score (nSPS) is 15.6. The van der Waals surface area contributed by atoms with E-state index < -0.39 is 26.5 Å². The molecule has 11 heteroatoms. The van der Waals surface area contributed by atoms with Crippen molar-refractivity contribution < 1.29 is 22.5 Å². The Labute approximate surface area is 160 Å². The molecule has 0 bridgehead atoms. The summed E-state index contributed by atoms with van der Waals surface area (Å²) in [6, 6.07) is 9.08. The number of sulfonamides is 1. The number of nitro benzene ring substituents is 1. The molecule has 148 valence electrons. The van der Waals surface area contributed by atoms with Crippen LogP contribution in [0.4, 0.5) is 15.8 Å². The van der Waals surface area contributed by atoms with Gasteiger partial charge in [0.15, 0.2) is 0 Å². The first kappa shape index (κ1) is 19.9. The highest BCUT2D eigenvalue weighted by atomic mass is 32.2. The number of nitrogens with zero attached hydrogens (tertiary/aromatic N) is 3. The molecule has 0 radical (unpaired) electrons. The molecule has 0 spiro atoms. The maximum absolute atomic E-state index is 12.9. The summed E-state index contributed by atoms with van der Waals surface area (Å²) in [5.74, 6) is -0.391. The average Bonchev–Trinajstić information content (AvgIpc) is 2.70. The minimum Gasteiger partial charge on any atom is -0.379 e. The predicted octanol–water partition coefficient (Wildman–Crippen LogP) is 2.20. The van der Waals surface area contributed by atoms with Gasteiger partial charge in [-0.1, -0.05) is 12.1 Å². The molecule has 1 aliphatic rings. The van der Waals surface area contributed by atoms with E-state index >= 15 is 0 Å². The van der Waals surface area contributed by atoms with Crippen LogP contribution in [0.25, 0.3) is 0 Å². The van der Waals surface area contributed by atoms with Gasteiger partial charge < -0.3 is 4.74 Å². The van der Waals surface area contributed by atoms with Gasteiger partial charge in [0, 0.05) is 19.2 Å². The number of benzene rings is 2. The van der Waals surface area contributed by atoms with Crippen LogP contribution in [0.15, 0.2) is 52.5 Å². The van der Waals surface area contributed by atoms with Gasteiger partial charge in [-0.3, -0.25) is 15.5 Å². The van der Waals surface area contributed by atoms with Crippen LogP contribution < -0.4 is 5.43 Å². The number of rotatable bonds is 6. The van der Waals surface area contributed by atoms with Gasteiger partial charge in [-0.25, -0.2) is 12.8 Å². The van der Waals surface area contributed by atoms with Crippen molar-refractivity contribution in [2.24, 2.45) is 5.10 Å². The summed E-state index contributed by atoms with van der Waals surface area (Å²) in [7, 11) is -3.86. The number of morpholine rings is 1. The average molecular weight is 408 g/mol. The summed E-state index contributed by atoms with van der Waals surface area (Å²) in [6.07, 6.45) is 1.36. The number of anilines is 1. The molecule has 1 N–H and O–H groups in total. The lowest BCUT2D eigenvalue weighted by atomic mass is 10.2. The van der Waals surface area contributed by atoms with E-state index in [2.05, 4.69) is 10.5 Å². The Balaban J connectivity index is 1.83. The third kappa shape index (κ3) is 4.50. The molecule has 2 aromatic rings. The van der Waals surface area contributed by atoms with E-state index in [9.17, 15) is 22.9 Å². The van der Waals surface area contributed by atoms with Gasteiger partial charge in [0.2, 0.25) is 10.0 Å². The number of nitrogens with one attached hydrogen (secondary N) is 1. The molecule has 9 nitrogen and oxygen atoms in total. The second-order valence-corrected chi connectivity index (χ2v) is 7.81. The fourth-order valence-corrected chi connectivity index (χ4v) is 4.01. The maximum atomic E-state index is 12.9. The molecule has 0 aliphatic carbocycles. The number of halogens is 1. The van der Waals surface area contributed by atoms with Crippen molar-refractivity contribution in [2.45, 2.75) is 4.90 Å². The number of nitro groups is 1. The Hall–Kier alpha value is -2.89. The van der Waals surface area contributed by atoms with Crippen LogP contribution in [-0.4, -0.2) is 50.2 Å². The second-order valence-electron chi connectivity index (χ2n) is 5.87. The minimum absolute atomic E-state index is 0.0317. The molecule has 0 aromatic heterocycles. The Morgan fingerprint density at radius 1 is 1.18 bits per heavy atom. The zero-order valence-corrected chi connectivity index (χ0v) is 15.4. The maximum Gasteiger partial charge on any atom is 0.295 e. The van der Waals surface area contributed by atoms with Gasteiger partial charge in [-0.15, -0.1) is 0 Å². The van der Waals surface area contributed by atoms with Gasteiger partial charge in [0.1, 0.15) is 11.5 Å². The smallest absolute Gasteiger partial charge is 0.295 e. The van der Waals surface area contributed by atoms with Crippen LogP contribution in [0, 0.1) is 15.9 Å². The fraction of sp³-hybridized carbons (Fsp3) is 0.235. The van der Waals surface area contributed by atoms with Crippen LogP contribution in [0.2, 0.25) is 0 Å². The standard InChI is InChI=1S/C17H17FN4O5S/c18-14-3-1-13(2-4-14)12-19-20-16-6-5-15(11-17(16)22(23)24)28(25,26)21-7-9-27-10-8-21/h1-6,11-12,20H,7-10H2/b19-12+. The van der Waals surface area contributed by atoms with Gasteiger partial charge in [-0.2, -0.15) is 9.41 Å². The van der Waals surface area contributed by atoms with Crippen LogP contribution in [0.1, 0.15) is 5.56 Å². The van der Waals surface area contributed by atoms with E-state index in [1.165, 1.54) is 46.9 Å². The molecule has 28 heavy (non-hydrogen) atoms. The molecule has 3 rings (SSSR count). The van der Waals surface area contributed by atoms with Crippen LogP contribution in [0.3, 0.4) is 0 Å². The lowest BCUT2D eigenvalue weighted by Crippen LogP contribution is -2.40. The molecule has 1 heterocycles. The summed E-state index contributed by atoms with van der Waals surface area (Å²) in [6.45, 7) is 0.939. The second kappa shape index (κ2) is 8.42. The molecule has 0 saturated carbocycles. The van der Waals surface area contributed by atoms with Crippen molar-refractivity contribution in [3.63, 3.8) is 0 Å². The Kier molecular flexibility index (Phi) is 5.97. The largest absolute Gasteiger partial charge is 0.379 e. The predicted molar refractivity (Wildman–Crippen MR) is 100 cm³/mol. The summed E-state index contributed by atoms with van der Waals surface area (Å²) in [4.78, 5) is 10.5. The summed E-state index contributed by atoms with van der Waals surface area (Å²) in [5.41, 5.74) is 2.71. The van der Waals surface area contributed by atoms with Crippen molar-refractivity contribution in [3.05, 3.63) is 64.0 Å². The highest BCUT2D eigenvalue weighted by Crippen LogP contribution is 2.29. The van der Waals surface area contributed by atoms with Gasteiger partial charge in [0.25, 0.3) is 5.69 Å². The van der Waals surface area contributed by atoms with Gasteiger partial charge >= 0.3 is 0 Å². The number of hydrogen-bond donors (Lipinski definition) is 1. The SMILES string of the molecule is O=[N+]([O-])c1cc(S(=O)(=O)N2CCOCC2)ccc1N/N=C/c1ccc(F)cc1. The lowest BCUT2D eigenvalue weighted by Gasteiger charge is -2.26. The minimum atomic E-state index is -3.86. The lowest BCUT2D eigenvalue weighted by molar-refractivity contribution is -0.384. The zero-order valence-electron chi connectivity index (χ0n) is 14.6. The molecule has 1 fully saturated rings. The molecular weight excluding hydrogens is 391 g/mol. The van der Waals surface area contributed by atoms with E-state index in [4.69, 9.17) is 4.74 Å². The van der Waals surface area contributed by atoms with E-state index in [0.717, 1.165) is 6.07 Å². The number of hydrazone groups is 1. The van der Waals surface area contributed by atoms with Crippen LogP contribution in [0.5, 0.6) is 0 Å². The van der Waals surface area contributed by atoms with Crippen molar-refractivity contribution in [2.75, 3.05) is 31.7 Å². The van der Waals surface area contributed by atoms with Crippen LogP contribution >= 0.6 is 0 Å². The Bertz CT molecular complexity index is 989. The molecular formula is C17H17FN4O5S. The summed E-state index contributed by atoms with van der Waals surface area (Å²) in [5, 5.41) is 15.3. The van der Waals surface area contributed by atoms with Crippen LogP contribution in [-0.2, 0) is 14.8 Å². The zero-order chi connectivity index (χ0) is 20.1. The van der Waals surface area contributed by atoms with Gasteiger partial charge in [-0.05, 0) is 29.8 Å². The fourth-order valence-electron chi connectivity index (χ4n) is 2.58. The monoisotopic (exact) mass is 408 g/mol. The Morgan fingerprint density at radius 3 is 2.50 bits per heavy atom. The van der Waals surface area contributed by atoms with E-state index in [-0.39, 0.29) is 36.9 Å². The highest BCUT2D eigenvalue weighted by molar-refractivity contribution is 7.89. The topological polar surface area (TPSA) is 114 Å². The quantitative estimate of drug-likeness (QED) is 0.445. The first-order valence-electron chi connectivity index (χ1n) is 8.29. The summed E-state index contributed by atoms with van der Waals surface area (Å²) < 4.78 is 44.6. The molecule has 2 aromatic carbocycles. The first-order chi connectivity index (χ1) is 13.4. The van der Waals surface area contributed by atoms with E-state index in [1.54, 1.807) is 0 Å². The van der Waals surface area contributed by atoms with E-state index in [0.29, 0.717) is 5.56 Å². The highest BCUT2D eigenvalue weighted by Gasteiger charge is 2.28. The first-order valence-corrected chi connectivity index (χ1v) is 9.73. The molecule has 0 amide bonds. The molecule has 1 aliphatic heterocycles.